The van der Waals surface area contributed by atoms with Crippen LogP contribution in [0.15, 0.2) is 42.6 Å². The maximum Gasteiger partial charge on any atom is 0.180 e. The molecule has 0 atom stereocenters. The number of aryl methyl sites for hydroxylation is 3. The number of rotatable bonds is 4. The molecule has 5 nitrogen and oxygen atoms in total. The predicted octanol–water partition coefficient (Wildman–Crippen LogP) is 5.39. The minimum absolute atomic E-state index is 0.623. The van der Waals surface area contributed by atoms with Crippen LogP contribution in [-0.4, -0.2) is 19.7 Å². The molecule has 6 heteroatoms. The molecule has 0 unspecified atom stereocenters. The number of nitrogen functional groups attached to an aromatic ring is 1. The molecule has 0 saturated heterocycles. The van der Waals surface area contributed by atoms with E-state index in [2.05, 4.69) is 64.9 Å². The average molecular weight is 416 g/mol. The summed E-state index contributed by atoms with van der Waals surface area (Å²) in [5.41, 5.74) is 15.1. The first-order chi connectivity index (χ1) is 14.7. The summed E-state index contributed by atoms with van der Waals surface area (Å²) in [6.07, 6.45) is 7.02. The molecular formula is C24H25N5S. The maximum absolute atomic E-state index is 6.12. The van der Waals surface area contributed by atoms with E-state index in [-0.39, 0.29) is 0 Å². The van der Waals surface area contributed by atoms with Gasteiger partial charge >= 0.3 is 0 Å². The molecule has 2 N–H and O–H groups in total. The summed E-state index contributed by atoms with van der Waals surface area (Å²) in [5, 5.41) is 5.76. The van der Waals surface area contributed by atoms with Crippen molar-refractivity contribution < 1.29 is 0 Å². The highest BCUT2D eigenvalue weighted by Crippen LogP contribution is 2.42. The van der Waals surface area contributed by atoms with Crippen molar-refractivity contribution in [2.75, 3.05) is 5.73 Å². The number of fused-ring (bicyclic) bond motifs is 3. The third kappa shape index (κ3) is 3.21. The Bertz CT molecular complexity index is 1200. The number of hydrogen-bond donors (Lipinski definition) is 1. The van der Waals surface area contributed by atoms with Crippen molar-refractivity contribution in [2.45, 2.75) is 46.0 Å². The van der Waals surface area contributed by atoms with Crippen molar-refractivity contribution in [3.8, 4) is 27.5 Å². The zero-order chi connectivity index (χ0) is 20.7. The van der Waals surface area contributed by atoms with Crippen LogP contribution in [0.1, 0.15) is 42.3 Å². The van der Waals surface area contributed by atoms with Crippen molar-refractivity contribution in [3.05, 3.63) is 65.1 Å². The summed E-state index contributed by atoms with van der Waals surface area (Å²) < 4.78 is 2.10. The van der Waals surface area contributed by atoms with Gasteiger partial charge in [-0.15, -0.1) is 0 Å². The SMILES string of the molecule is CCCc1ccc(-c2nn(-c3ccccc3C)c3c2CCCc2nc(N)sc2-3)cn1. The molecule has 0 amide bonds. The Kier molecular flexibility index (Phi) is 4.87. The fraction of sp³-hybridized carbons (Fsp3) is 0.292. The number of hydrogen-bond acceptors (Lipinski definition) is 5. The molecule has 152 valence electrons. The number of anilines is 1. The third-order valence-electron chi connectivity index (χ3n) is 5.70. The van der Waals surface area contributed by atoms with Crippen molar-refractivity contribution in [1.29, 1.82) is 0 Å². The van der Waals surface area contributed by atoms with Crippen LogP contribution in [-0.2, 0) is 19.3 Å². The summed E-state index contributed by atoms with van der Waals surface area (Å²) in [5.74, 6) is 0. The van der Waals surface area contributed by atoms with Gasteiger partial charge < -0.3 is 5.73 Å². The highest BCUT2D eigenvalue weighted by Gasteiger charge is 2.28. The molecule has 30 heavy (non-hydrogen) atoms. The van der Waals surface area contributed by atoms with Gasteiger partial charge in [-0.25, -0.2) is 9.67 Å². The maximum atomic E-state index is 6.12. The van der Waals surface area contributed by atoms with E-state index in [1.807, 2.05) is 6.20 Å². The highest BCUT2D eigenvalue weighted by molar-refractivity contribution is 7.18. The first kappa shape index (κ1) is 19.0. The minimum Gasteiger partial charge on any atom is -0.375 e. The molecule has 5 rings (SSSR count). The van der Waals surface area contributed by atoms with Crippen molar-refractivity contribution in [3.63, 3.8) is 0 Å². The first-order valence-electron chi connectivity index (χ1n) is 10.5. The molecule has 0 bridgehead atoms. The molecule has 1 aliphatic carbocycles. The molecule has 0 spiro atoms. The fourth-order valence-corrected chi connectivity index (χ4v) is 5.19. The number of nitrogens with zero attached hydrogens (tertiary/aromatic N) is 4. The second-order valence-corrected chi connectivity index (χ2v) is 8.87. The van der Waals surface area contributed by atoms with Gasteiger partial charge in [0, 0.05) is 23.0 Å². The van der Waals surface area contributed by atoms with E-state index >= 15 is 0 Å². The monoisotopic (exact) mass is 415 g/mol. The van der Waals surface area contributed by atoms with Crippen LogP contribution in [0.3, 0.4) is 0 Å². The van der Waals surface area contributed by atoms with E-state index in [0.29, 0.717) is 5.13 Å². The van der Waals surface area contributed by atoms with E-state index in [9.17, 15) is 0 Å². The van der Waals surface area contributed by atoms with Crippen molar-refractivity contribution in [2.24, 2.45) is 0 Å². The van der Waals surface area contributed by atoms with Crippen LogP contribution in [0, 0.1) is 6.92 Å². The molecule has 0 radical (unpaired) electrons. The van der Waals surface area contributed by atoms with E-state index in [1.165, 1.54) is 11.1 Å². The summed E-state index contributed by atoms with van der Waals surface area (Å²) in [6.45, 7) is 4.31. The number of aromatic nitrogens is 4. The zero-order valence-electron chi connectivity index (χ0n) is 17.4. The van der Waals surface area contributed by atoms with E-state index in [1.54, 1.807) is 11.3 Å². The normalized spacial score (nSPS) is 13.0. The van der Waals surface area contributed by atoms with Crippen LogP contribution in [0.4, 0.5) is 5.13 Å². The summed E-state index contributed by atoms with van der Waals surface area (Å²) in [6, 6.07) is 12.7. The lowest BCUT2D eigenvalue weighted by Crippen LogP contribution is -2.02. The van der Waals surface area contributed by atoms with Crippen LogP contribution in [0.25, 0.3) is 27.5 Å². The smallest absolute Gasteiger partial charge is 0.180 e. The quantitative estimate of drug-likeness (QED) is 0.485. The van der Waals surface area contributed by atoms with Crippen LogP contribution in [0.2, 0.25) is 0 Å². The number of para-hydroxylation sites is 1. The molecule has 0 aliphatic heterocycles. The molecule has 0 fully saturated rings. The third-order valence-corrected chi connectivity index (χ3v) is 6.63. The lowest BCUT2D eigenvalue weighted by Gasteiger charge is -2.10. The second-order valence-electron chi connectivity index (χ2n) is 7.84. The molecule has 0 saturated carbocycles. The van der Waals surface area contributed by atoms with Crippen LogP contribution >= 0.6 is 11.3 Å². The lowest BCUT2D eigenvalue weighted by atomic mass is 10.0. The Morgan fingerprint density at radius 3 is 2.77 bits per heavy atom. The fourth-order valence-electron chi connectivity index (χ4n) is 4.25. The Morgan fingerprint density at radius 1 is 1.13 bits per heavy atom. The van der Waals surface area contributed by atoms with Gasteiger partial charge in [-0.2, -0.15) is 5.10 Å². The minimum atomic E-state index is 0.623. The van der Waals surface area contributed by atoms with Gasteiger partial charge in [0.15, 0.2) is 5.13 Å². The molecule has 1 aromatic carbocycles. The Hall–Kier alpha value is -2.99. The number of benzene rings is 1. The van der Waals surface area contributed by atoms with E-state index in [4.69, 9.17) is 10.8 Å². The second kappa shape index (κ2) is 7.69. The molecule has 3 aromatic heterocycles. The van der Waals surface area contributed by atoms with Crippen molar-refractivity contribution in [1.82, 2.24) is 19.7 Å². The Balaban J connectivity index is 1.75. The Morgan fingerprint density at radius 2 is 2.00 bits per heavy atom. The van der Waals surface area contributed by atoms with E-state index < -0.39 is 0 Å². The average Bonchev–Trinajstić information content (AvgIpc) is 3.24. The zero-order valence-corrected chi connectivity index (χ0v) is 18.2. The molecule has 4 aromatic rings. The number of pyridine rings is 1. The standard InChI is InChI=1S/C24H25N5S/c1-3-7-17-13-12-16(14-26-17)21-18-9-6-10-19-23(30-24(25)27-19)22(18)29(28-21)20-11-5-4-8-15(20)2/h4-5,8,11-14H,3,6-7,9-10H2,1-2H3,(H2,25,27). The molecule has 1 aliphatic rings. The van der Waals surface area contributed by atoms with Gasteiger partial charge in [0.2, 0.25) is 0 Å². The summed E-state index contributed by atoms with van der Waals surface area (Å²) in [4.78, 5) is 10.5. The molecular weight excluding hydrogens is 390 g/mol. The topological polar surface area (TPSA) is 69.6 Å². The van der Waals surface area contributed by atoms with Gasteiger partial charge in [-0.1, -0.05) is 42.9 Å². The number of nitrogens with two attached hydrogens (primary N) is 1. The van der Waals surface area contributed by atoms with Crippen LogP contribution in [0.5, 0.6) is 0 Å². The van der Waals surface area contributed by atoms with E-state index in [0.717, 1.165) is 71.0 Å². The van der Waals surface area contributed by atoms with Crippen LogP contribution < -0.4 is 5.73 Å². The first-order valence-corrected chi connectivity index (χ1v) is 11.4. The predicted molar refractivity (Wildman–Crippen MR) is 123 cm³/mol. The lowest BCUT2D eigenvalue weighted by molar-refractivity contribution is 0.818. The largest absolute Gasteiger partial charge is 0.375 e. The van der Waals surface area contributed by atoms with Gasteiger partial charge in [0.05, 0.1) is 27.6 Å². The van der Waals surface area contributed by atoms with Gasteiger partial charge in [0.1, 0.15) is 0 Å². The van der Waals surface area contributed by atoms with Gasteiger partial charge in [0.25, 0.3) is 0 Å². The highest BCUT2D eigenvalue weighted by atomic mass is 32.1. The number of thiazole rings is 1. The van der Waals surface area contributed by atoms with Gasteiger partial charge in [-0.3, -0.25) is 4.98 Å². The Labute approximate surface area is 180 Å². The van der Waals surface area contributed by atoms with Gasteiger partial charge in [-0.05, 0) is 56.4 Å². The summed E-state index contributed by atoms with van der Waals surface area (Å²) in [7, 11) is 0. The molecule has 3 heterocycles. The summed E-state index contributed by atoms with van der Waals surface area (Å²) >= 11 is 1.57. The van der Waals surface area contributed by atoms with Crippen molar-refractivity contribution >= 4 is 16.5 Å².